The first kappa shape index (κ1) is 23.5. The zero-order valence-corrected chi connectivity index (χ0v) is 19.9. The summed E-state index contributed by atoms with van der Waals surface area (Å²) in [6, 6.07) is 13.5. The molecule has 0 aliphatic carbocycles. The number of aryl methyl sites for hydroxylation is 1. The van der Waals surface area contributed by atoms with Crippen molar-refractivity contribution in [1.29, 1.82) is 0 Å². The number of halogens is 3. The van der Waals surface area contributed by atoms with E-state index in [1.165, 1.54) is 36.5 Å². The van der Waals surface area contributed by atoms with Gasteiger partial charge >= 0.3 is 5.69 Å². The molecule has 8 nitrogen and oxygen atoms in total. The quantitative estimate of drug-likeness (QED) is 0.178. The van der Waals surface area contributed by atoms with Crippen LogP contribution in [0.5, 0.6) is 5.75 Å². The summed E-state index contributed by atoms with van der Waals surface area (Å²) < 4.78 is 20.7. The van der Waals surface area contributed by atoms with Crippen LogP contribution in [0.25, 0.3) is 10.9 Å². The van der Waals surface area contributed by atoms with Crippen LogP contribution in [0.3, 0.4) is 0 Å². The Morgan fingerprint density at radius 3 is 2.79 bits per heavy atom. The first-order valence-corrected chi connectivity index (χ1v) is 11.0. The number of hydrogen-bond acceptors (Lipinski definition) is 6. The van der Waals surface area contributed by atoms with E-state index < -0.39 is 22.0 Å². The predicted octanol–water partition coefficient (Wildman–Crippen LogP) is 5.63. The van der Waals surface area contributed by atoms with Gasteiger partial charge in [0.05, 0.1) is 27.1 Å². The van der Waals surface area contributed by atoms with Gasteiger partial charge in [0, 0.05) is 16.1 Å². The van der Waals surface area contributed by atoms with Gasteiger partial charge in [-0.3, -0.25) is 14.9 Å². The smallest absolute Gasteiger partial charge is 0.313 e. The van der Waals surface area contributed by atoms with E-state index in [1.807, 2.05) is 0 Å². The molecule has 4 aromatic rings. The molecular formula is C23H15BrClFN4O4. The minimum absolute atomic E-state index is 0.0308. The maximum Gasteiger partial charge on any atom is 0.313 e. The zero-order valence-electron chi connectivity index (χ0n) is 17.5. The number of benzene rings is 3. The van der Waals surface area contributed by atoms with E-state index in [2.05, 4.69) is 26.0 Å². The minimum Gasteiger partial charge on any atom is -0.481 e. The molecule has 0 saturated heterocycles. The molecule has 1 aromatic heterocycles. The van der Waals surface area contributed by atoms with Crippen molar-refractivity contribution >= 4 is 50.3 Å². The second-order valence-electron chi connectivity index (χ2n) is 7.21. The maximum absolute atomic E-state index is 13.4. The predicted molar refractivity (Wildman–Crippen MR) is 130 cm³/mol. The van der Waals surface area contributed by atoms with Crippen LogP contribution in [0.2, 0.25) is 5.02 Å². The van der Waals surface area contributed by atoms with E-state index in [4.69, 9.17) is 16.3 Å². The zero-order chi connectivity index (χ0) is 24.4. The number of fused-ring (bicyclic) bond motifs is 1. The van der Waals surface area contributed by atoms with E-state index >= 15 is 0 Å². The van der Waals surface area contributed by atoms with Gasteiger partial charge in [-0.2, -0.15) is 9.78 Å². The number of nitro groups is 1. The third-order valence-electron chi connectivity index (χ3n) is 4.81. The highest BCUT2D eigenvalue weighted by molar-refractivity contribution is 9.10. The van der Waals surface area contributed by atoms with Crippen molar-refractivity contribution in [2.45, 2.75) is 13.5 Å². The third-order valence-corrected chi connectivity index (χ3v) is 5.58. The third kappa shape index (κ3) is 4.97. The first-order chi connectivity index (χ1) is 16.2. The Morgan fingerprint density at radius 2 is 2.06 bits per heavy atom. The minimum atomic E-state index is -0.642. The first-order valence-electron chi connectivity index (χ1n) is 9.81. The van der Waals surface area contributed by atoms with Gasteiger partial charge in [-0.1, -0.05) is 39.7 Å². The van der Waals surface area contributed by atoms with Crippen molar-refractivity contribution in [3.05, 3.63) is 107 Å². The average molecular weight is 546 g/mol. The summed E-state index contributed by atoms with van der Waals surface area (Å²) in [4.78, 5) is 28.2. The molecule has 0 N–H and O–H groups in total. The van der Waals surface area contributed by atoms with Gasteiger partial charge in [0.2, 0.25) is 5.75 Å². The molecule has 0 aliphatic heterocycles. The fourth-order valence-electron chi connectivity index (χ4n) is 3.25. The van der Waals surface area contributed by atoms with Gasteiger partial charge in [0.1, 0.15) is 18.2 Å². The van der Waals surface area contributed by atoms with E-state index in [9.17, 15) is 19.3 Å². The Morgan fingerprint density at radius 1 is 1.26 bits per heavy atom. The molecule has 0 amide bonds. The molecule has 34 heavy (non-hydrogen) atoms. The van der Waals surface area contributed by atoms with Crippen molar-refractivity contribution in [2.24, 2.45) is 5.10 Å². The molecule has 0 aliphatic rings. The van der Waals surface area contributed by atoms with Gasteiger partial charge < -0.3 is 4.74 Å². The van der Waals surface area contributed by atoms with Crippen molar-refractivity contribution in [3.63, 3.8) is 0 Å². The second kappa shape index (κ2) is 9.70. The molecule has 0 spiro atoms. The Balaban J connectivity index is 1.68. The Kier molecular flexibility index (Phi) is 6.71. The number of hydrogen-bond donors (Lipinski definition) is 0. The SMILES string of the molecule is Cc1nc2ccc(Br)cc2c(=O)n1N=Cc1cc(Cl)c(OCc2cccc(F)c2)c([N+](=O)[O-])c1. The summed E-state index contributed by atoms with van der Waals surface area (Å²) in [7, 11) is 0. The molecule has 11 heteroatoms. The van der Waals surface area contributed by atoms with Crippen molar-refractivity contribution in [3.8, 4) is 5.75 Å². The summed E-state index contributed by atoms with van der Waals surface area (Å²) in [5.74, 6) is -0.264. The molecule has 0 unspecified atom stereocenters. The van der Waals surface area contributed by atoms with Crippen LogP contribution in [0.4, 0.5) is 10.1 Å². The topological polar surface area (TPSA) is 99.6 Å². The molecule has 172 valence electrons. The van der Waals surface area contributed by atoms with Crippen LogP contribution >= 0.6 is 27.5 Å². The van der Waals surface area contributed by atoms with Gasteiger partial charge in [-0.15, -0.1) is 0 Å². The van der Waals surface area contributed by atoms with Crippen LogP contribution < -0.4 is 10.3 Å². The number of nitrogens with zero attached hydrogens (tertiary/aromatic N) is 4. The van der Waals surface area contributed by atoms with Crippen LogP contribution in [0.15, 0.2) is 69.0 Å². The highest BCUT2D eigenvalue weighted by Crippen LogP contribution is 2.36. The van der Waals surface area contributed by atoms with E-state index in [-0.39, 0.29) is 22.9 Å². The normalized spacial score (nSPS) is 11.3. The van der Waals surface area contributed by atoms with Crippen LogP contribution in [-0.4, -0.2) is 20.8 Å². The lowest BCUT2D eigenvalue weighted by Gasteiger charge is -2.10. The molecule has 0 fully saturated rings. The highest BCUT2D eigenvalue weighted by Gasteiger charge is 2.21. The molecule has 0 atom stereocenters. The lowest BCUT2D eigenvalue weighted by atomic mass is 10.2. The Bertz CT molecular complexity index is 1520. The molecule has 3 aromatic carbocycles. The largest absolute Gasteiger partial charge is 0.481 e. The second-order valence-corrected chi connectivity index (χ2v) is 8.53. The molecule has 4 rings (SSSR count). The van der Waals surface area contributed by atoms with Gasteiger partial charge in [0.15, 0.2) is 0 Å². The van der Waals surface area contributed by atoms with Gasteiger partial charge in [-0.05, 0) is 48.9 Å². The maximum atomic E-state index is 13.4. The van der Waals surface area contributed by atoms with Crippen LogP contribution in [0.1, 0.15) is 17.0 Å². The van der Waals surface area contributed by atoms with E-state index in [0.29, 0.717) is 22.3 Å². The van der Waals surface area contributed by atoms with Crippen LogP contribution in [-0.2, 0) is 6.61 Å². The fourth-order valence-corrected chi connectivity index (χ4v) is 3.89. The number of aromatic nitrogens is 2. The van der Waals surface area contributed by atoms with Crippen LogP contribution in [0, 0.1) is 22.9 Å². The van der Waals surface area contributed by atoms with E-state index in [1.54, 1.807) is 31.2 Å². The summed E-state index contributed by atoms with van der Waals surface area (Å²) in [5, 5.41) is 16.1. The number of nitro benzene ring substituents is 1. The lowest BCUT2D eigenvalue weighted by molar-refractivity contribution is -0.385. The molecule has 0 bridgehead atoms. The Hall–Kier alpha value is -3.63. The molecule has 1 heterocycles. The fraction of sp³-hybridized carbons (Fsp3) is 0.0870. The summed E-state index contributed by atoms with van der Waals surface area (Å²) in [6.07, 6.45) is 1.27. The van der Waals surface area contributed by atoms with Gasteiger partial charge in [0.25, 0.3) is 5.56 Å². The monoisotopic (exact) mass is 544 g/mol. The molecule has 0 radical (unpaired) electrons. The lowest BCUT2D eigenvalue weighted by Crippen LogP contribution is -2.20. The molecular weight excluding hydrogens is 531 g/mol. The standard InChI is InChI=1S/C23H15BrClFN4O4/c1-13-28-20-6-5-16(24)10-18(20)23(31)29(13)27-11-15-8-19(25)22(21(9-15)30(32)33)34-12-14-3-2-4-17(26)7-14/h2-11H,12H2,1H3. The van der Waals surface area contributed by atoms with E-state index in [0.717, 1.165) is 9.15 Å². The van der Waals surface area contributed by atoms with Crippen molar-refractivity contribution < 1.29 is 14.1 Å². The highest BCUT2D eigenvalue weighted by atomic mass is 79.9. The Labute approximate surface area is 205 Å². The van der Waals surface area contributed by atoms with Crippen molar-refractivity contribution in [2.75, 3.05) is 0 Å². The summed E-state index contributed by atoms with van der Waals surface area (Å²) >= 11 is 9.59. The summed E-state index contributed by atoms with van der Waals surface area (Å²) in [6.45, 7) is 1.51. The number of ether oxygens (including phenoxy) is 1. The van der Waals surface area contributed by atoms with Crippen molar-refractivity contribution in [1.82, 2.24) is 9.66 Å². The number of rotatable bonds is 6. The average Bonchev–Trinajstić information content (AvgIpc) is 2.78. The van der Waals surface area contributed by atoms with Gasteiger partial charge in [-0.25, -0.2) is 9.37 Å². The summed E-state index contributed by atoms with van der Waals surface area (Å²) in [5.41, 5.74) is 0.498. The molecule has 0 saturated carbocycles.